The molecule has 2 N–H and O–H groups in total. The topological polar surface area (TPSA) is 41.5 Å². The van der Waals surface area contributed by atoms with Gasteiger partial charge in [0.25, 0.3) is 0 Å². The number of nitrogens with one attached hydrogen (secondary N) is 1. The molecular weight excluding hydrogens is 238 g/mol. The number of ether oxygens (including phenoxy) is 1. The summed E-state index contributed by atoms with van der Waals surface area (Å²) >= 11 is 0. The minimum Gasteiger partial charge on any atom is -0.496 e. The van der Waals surface area contributed by atoms with E-state index in [-0.39, 0.29) is 6.61 Å². The molecule has 0 aliphatic carbocycles. The smallest absolute Gasteiger partial charge is 0.122 e. The van der Waals surface area contributed by atoms with E-state index in [9.17, 15) is 0 Å². The van der Waals surface area contributed by atoms with Gasteiger partial charge < -0.3 is 15.2 Å². The first-order valence-electron chi connectivity index (χ1n) is 7.22. The normalized spacial score (nSPS) is 12.4. The molecule has 0 aromatic heterocycles. The third-order valence-electron chi connectivity index (χ3n) is 3.59. The van der Waals surface area contributed by atoms with Gasteiger partial charge in [-0.2, -0.15) is 0 Å². The number of aliphatic hydroxyl groups is 1. The van der Waals surface area contributed by atoms with Gasteiger partial charge in [-0.3, -0.25) is 0 Å². The van der Waals surface area contributed by atoms with E-state index >= 15 is 0 Å². The molecule has 1 atom stereocenters. The molecule has 1 unspecified atom stereocenters. The first-order chi connectivity index (χ1) is 9.24. The number of hydrogen-bond acceptors (Lipinski definition) is 3. The van der Waals surface area contributed by atoms with E-state index in [0.29, 0.717) is 5.92 Å². The average Bonchev–Trinajstić information content (AvgIpc) is 2.47. The second-order valence-electron chi connectivity index (χ2n) is 4.91. The quantitative estimate of drug-likeness (QED) is 0.674. The zero-order valence-corrected chi connectivity index (χ0v) is 12.4. The van der Waals surface area contributed by atoms with Crippen molar-refractivity contribution in [1.29, 1.82) is 0 Å². The van der Waals surface area contributed by atoms with Crippen molar-refractivity contribution in [2.24, 2.45) is 5.92 Å². The molecule has 108 valence electrons. The molecule has 0 spiro atoms. The molecule has 3 nitrogen and oxygen atoms in total. The zero-order valence-electron chi connectivity index (χ0n) is 12.4. The minimum absolute atomic E-state index is 0.262. The first kappa shape index (κ1) is 16.0. The van der Waals surface area contributed by atoms with Crippen molar-refractivity contribution in [3.63, 3.8) is 0 Å². The fraction of sp³-hybridized carbons (Fsp3) is 0.625. The highest BCUT2D eigenvalue weighted by Gasteiger charge is 2.06. The lowest BCUT2D eigenvalue weighted by Gasteiger charge is -2.14. The van der Waals surface area contributed by atoms with Gasteiger partial charge in [-0.25, -0.2) is 0 Å². The monoisotopic (exact) mass is 265 g/mol. The SMILES string of the molecule is CCc1ccc(OC)c(CCNCC(CC)CO)c1. The molecule has 0 radical (unpaired) electrons. The van der Waals surface area contributed by atoms with Crippen molar-refractivity contribution in [2.75, 3.05) is 26.8 Å². The van der Waals surface area contributed by atoms with Crippen molar-refractivity contribution in [3.05, 3.63) is 29.3 Å². The third-order valence-corrected chi connectivity index (χ3v) is 3.59. The molecule has 0 amide bonds. The first-order valence-corrected chi connectivity index (χ1v) is 7.22. The Bertz CT molecular complexity index is 362. The van der Waals surface area contributed by atoms with Crippen LogP contribution in [0.15, 0.2) is 18.2 Å². The molecule has 0 fully saturated rings. The highest BCUT2D eigenvalue weighted by atomic mass is 16.5. The molecule has 0 saturated heterocycles. The maximum atomic E-state index is 9.13. The van der Waals surface area contributed by atoms with Crippen LogP contribution in [0, 0.1) is 5.92 Å². The number of methoxy groups -OCH3 is 1. The van der Waals surface area contributed by atoms with Gasteiger partial charge in [-0.05, 0) is 48.9 Å². The lowest BCUT2D eigenvalue weighted by molar-refractivity contribution is 0.219. The van der Waals surface area contributed by atoms with Crippen LogP contribution in [0.25, 0.3) is 0 Å². The number of aliphatic hydroxyl groups excluding tert-OH is 1. The largest absolute Gasteiger partial charge is 0.496 e. The van der Waals surface area contributed by atoms with Crippen LogP contribution in [0.5, 0.6) is 5.75 Å². The van der Waals surface area contributed by atoms with E-state index in [1.165, 1.54) is 11.1 Å². The van der Waals surface area contributed by atoms with Crippen LogP contribution in [0.4, 0.5) is 0 Å². The predicted octanol–water partition coefficient (Wildman–Crippen LogP) is 2.41. The Morgan fingerprint density at radius 3 is 2.68 bits per heavy atom. The van der Waals surface area contributed by atoms with Gasteiger partial charge in [0.1, 0.15) is 5.75 Å². The molecule has 1 aromatic rings. The highest BCUT2D eigenvalue weighted by molar-refractivity contribution is 5.37. The van der Waals surface area contributed by atoms with Gasteiger partial charge in [0.05, 0.1) is 7.11 Å². The van der Waals surface area contributed by atoms with Crippen LogP contribution in [0.2, 0.25) is 0 Å². The van der Waals surface area contributed by atoms with Gasteiger partial charge in [-0.15, -0.1) is 0 Å². The molecule has 0 heterocycles. The number of benzene rings is 1. The molecule has 0 aliphatic rings. The summed E-state index contributed by atoms with van der Waals surface area (Å²) in [6.45, 7) is 6.33. The van der Waals surface area contributed by atoms with Crippen LogP contribution in [-0.2, 0) is 12.8 Å². The summed E-state index contributed by atoms with van der Waals surface area (Å²) in [5.74, 6) is 1.33. The second kappa shape index (κ2) is 8.94. The molecule has 1 aromatic carbocycles. The zero-order chi connectivity index (χ0) is 14.1. The lowest BCUT2D eigenvalue weighted by Crippen LogP contribution is -2.26. The van der Waals surface area contributed by atoms with E-state index in [1.807, 2.05) is 0 Å². The summed E-state index contributed by atoms with van der Waals surface area (Å²) in [5.41, 5.74) is 2.60. The van der Waals surface area contributed by atoms with E-state index in [0.717, 1.165) is 38.1 Å². The van der Waals surface area contributed by atoms with Crippen LogP contribution in [0.3, 0.4) is 0 Å². The Morgan fingerprint density at radius 1 is 1.32 bits per heavy atom. The van der Waals surface area contributed by atoms with E-state index in [4.69, 9.17) is 9.84 Å². The summed E-state index contributed by atoms with van der Waals surface area (Å²) in [5, 5.41) is 12.5. The summed E-state index contributed by atoms with van der Waals surface area (Å²) < 4.78 is 5.40. The van der Waals surface area contributed by atoms with Gasteiger partial charge in [0, 0.05) is 13.2 Å². The molecule has 0 saturated carbocycles. The number of hydrogen-bond donors (Lipinski definition) is 2. The lowest BCUT2D eigenvalue weighted by atomic mass is 10.0. The van der Waals surface area contributed by atoms with Gasteiger partial charge >= 0.3 is 0 Å². The molecule has 3 heteroatoms. The Morgan fingerprint density at radius 2 is 2.11 bits per heavy atom. The van der Waals surface area contributed by atoms with Crippen molar-refractivity contribution in [3.8, 4) is 5.75 Å². The highest BCUT2D eigenvalue weighted by Crippen LogP contribution is 2.20. The van der Waals surface area contributed by atoms with Crippen molar-refractivity contribution in [1.82, 2.24) is 5.32 Å². The molecule has 0 bridgehead atoms. The van der Waals surface area contributed by atoms with Gasteiger partial charge in [0.2, 0.25) is 0 Å². The van der Waals surface area contributed by atoms with Crippen LogP contribution in [0.1, 0.15) is 31.4 Å². The van der Waals surface area contributed by atoms with Gasteiger partial charge in [-0.1, -0.05) is 26.0 Å². The van der Waals surface area contributed by atoms with E-state index in [1.54, 1.807) is 7.11 Å². The Hall–Kier alpha value is -1.06. The Balaban J connectivity index is 2.47. The number of aryl methyl sites for hydroxylation is 1. The summed E-state index contributed by atoms with van der Waals surface area (Å²) in [6, 6.07) is 6.40. The van der Waals surface area contributed by atoms with Crippen LogP contribution in [-0.4, -0.2) is 31.9 Å². The fourth-order valence-corrected chi connectivity index (χ4v) is 2.11. The molecule has 19 heavy (non-hydrogen) atoms. The molecule has 1 rings (SSSR count). The van der Waals surface area contributed by atoms with E-state index < -0.39 is 0 Å². The predicted molar refractivity (Wildman–Crippen MR) is 79.8 cm³/mol. The number of rotatable bonds is 9. The van der Waals surface area contributed by atoms with Crippen LogP contribution >= 0.6 is 0 Å². The summed E-state index contributed by atoms with van der Waals surface area (Å²) in [4.78, 5) is 0. The second-order valence-corrected chi connectivity index (χ2v) is 4.91. The standard InChI is InChI=1S/C16H27NO2/c1-4-13-6-7-16(19-3)15(10-13)8-9-17-11-14(5-2)12-18/h6-7,10,14,17-18H,4-5,8-9,11-12H2,1-3H3. The summed E-state index contributed by atoms with van der Waals surface area (Å²) in [6.07, 6.45) is 3.02. The minimum atomic E-state index is 0.262. The maximum Gasteiger partial charge on any atom is 0.122 e. The van der Waals surface area contributed by atoms with E-state index in [2.05, 4.69) is 37.4 Å². The van der Waals surface area contributed by atoms with Crippen molar-refractivity contribution < 1.29 is 9.84 Å². The van der Waals surface area contributed by atoms with Crippen molar-refractivity contribution >= 4 is 0 Å². The van der Waals surface area contributed by atoms with Crippen LogP contribution < -0.4 is 10.1 Å². The Labute approximate surface area is 117 Å². The van der Waals surface area contributed by atoms with Crippen molar-refractivity contribution in [2.45, 2.75) is 33.1 Å². The summed E-state index contributed by atoms with van der Waals surface area (Å²) in [7, 11) is 1.72. The average molecular weight is 265 g/mol. The third kappa shape index (κ3) is 5.21. The molecular formula is C16H27NO2. The maximum absolute atomic E-state index is 9.13. The fourth-order valence-electron chi connectivity index (χ4n) is 2.11. The van der Waals surface area contributed by atoms with Gasteiger partial charge in [0.15, 0.2) is 0 Å². The molecule has 0 aliphatic heterocycles. The Kier molecular flexibility index (Phi) is 7.53.